The quantitative estimate of drug-likeness (QED) is 0.825. The molecule has 2 aliphatic rings. The van der Waals surface area contributed by atoms with E-state index < -0.39 is 6.10 Å². The van der Waals surface area contributed by atoms with Crippen LogP contribution in [0.3, 0.4) is 0 Å². The molecule has 1 aromatic carbocycles. The van der Waals surface area contributed by atoms with Crippen molar-refractivity contribution in [1.29, 1.82) is 0 Å². The third-order valence-corrected chi connectivity index (χ3v) is 5.88. The van der Waals surface area contributed by atoms with Crippen LogP contribution >= 0.6 is 23.2 Å². The Labute approximate surface area is 168 Å². The summed E-state index contributed by atoms with van der Waals surface area (Å²) in [5, 5.41) is 11.4. The smallest absolute Gasteiger partial charge is 0.250 e. The van der Waals surface area contributed by atoms with E-state index in [-0.39, 0.29) is 12.2 Å². The summed E-state index contributed by atoms with van der Waals surface area (Å²) >= 11 is 12.0. The topological polar surface area (TPSA) is 54.7 Å². The molecule has 0 amide bonds. The van der Waals surface area contributed by atoms with Gasteiger partial charge in [-0.15, -0.1) is 0 Å². The van der Waals surface area contributed by atoms with Crippen LogP contribution in [0.4, 0.5) is 0 Å². The highest BCUT2D eigenvalue weighted by Crippen LogP contribution is 2.35. The lowest BCUT2D eigenvalue weighted by molar-refractivity contribution is 0.0384. The van der Waals surface area contributed by atoms with Gasteiger partial charge in [-0.2, -0.15) is 0 Å². The van der Waals surface area contributed by atoms with Gasteiger partial charge in [0.1, 0.15) is 18.5 Å². The summed E-state index contributed by atoms with van der Waals surface area (Å²) in [4.78, 5) is 14.4. The molecule has 1 aromatic heterocycles. The number of β-amino-alcohol motifs (C(OH)–C–C–N with tert-alkyl or cyclic N) is 1. The zero-order chi connectivity index (χ0) is 19.0. The first-order chi connectivity index (χ1) is 13.0. The third-order valence-electron chi connectivity index (χ3n) is 5.35. The molecule has 7 heteroatoms. The summed E-state index contributed by atoms with van der Waals surface area (Å²) < 4.78 is 7.56. The molecule has 0 aliphatic carbocycles. The van der Waals surface area contributed by atoms with Crippen LogP contribution in [0, 0.1) is 5.92 Å². The fourth-order valence-corrected chi connectivity index (χ4v) is 4.74. The highest BCUT2D eigenvalue weighted by atomic mass is 35.5. The fourth-order valence-electron chi connectivity index (χ4n) is 4.27. The number of halogens is 2. The van der Waals surface area contributed by atoms with Crippen LogP contribution in [-0.4, -0.2) is 46.9 Å². The van der Waals surface area contributed by atoms with Crippen LogP contribution in [0.15, 0.2) is 41.2 Å². The van der Waals surface area contributed by atoms with Gasteiger partial charge in [0.2, 0.25) is 0 Å². The molecular formula is C20H22Cl2N2O3. The van der Waals surface area contributed by atoms with Crippen molar-refractivity contribution in [1.82, 2.24) is 9.47 Å². The van der Waals surface area contributed by atoms with Crippen molar-refractivity contribution in [3.63, 3.8) is 0 Å². The van der Waals surface area contributed by atoms with Crippen molar-refractivity contribution in [2.75, 3.05) is 26.2 Å². The number of ether oxygens (including phenoxy) is 1. The number of aromatic nitrogens is 1. The van der Waals surface area contributed by atoms with Crippen molar-refractivity contribution in [2.45, 2.75) is 25.0 Å². The Morgan fingerprint density at radius 3 is 2.85 bits per heavy atom. The molecule has 0 spiro atoms. The second-order valence-corrected chi connectivity index (χ2v) is 8.30. The first-order valence-corrected chi connectivity index (χ1v) is 9.93. The normalized spacial score (nSPS) is 22.9. The molecule has 27 heavy (non-hydrogen) atoms. The Balaban J connectivity index is 1.36. The SMILES string of the molecule is O=c1cccc2n1CC1CC2CN(CC(O)COc2ccc(Cl)cc2Cl)C1. The number of hydrogen-bond acceptors (Lipinski definition) is 4. The molecule has 4 rings (SSSR count). The molecule has 3 unspecified atom stereocenters. The van der Waals surface area contributed by atoms with Crippen molar-refractivity contribution < 1.29 is 9.84 Å². The minimum atomic E-state index is -0.617. The first kappa shape index (κ1) is 18.8. The Kier molecular flexibility index (Phi) is 5.46. The molecule has 144 valence electrons. The van der Waals surface area contributed by atoms with Crippen molar-refractivity contribution >= 4 is 23.2 Å². The lowest BCUT2D eigenvalue weighted by Crippen LogP contribution is -2.49. The van der Waals surface area contributed by atoms with Gasteiger partial charge < -0.3 is 14.4 Å². The minimum Gasteiger partial charge on any atom is -0.489 e. The van der Waals surface area contributed by atoms with E-state index in [1.807, 2.05) is 16.7 Å². The number of piperidine rings is 1. The molecule has 5 nitrogen and oxygen atoms in total. The Morgan fingerprint density at radius 2 is 2.04 bits per heavy atom. The van der Waals surface area contributed by atoms with Crippen molar-refractivity contribution in [2.24, 2.45) is 5.92 Å². The van der Waals surface area contributed by atoms with Gasteiger partial charge in [-0.05, 0) is 36.6 Å². The van der Waals surface area contributed by atoms with Crippen LogP contribution in [0.2, 0.25) is 10.0 Å². The number of hydrogen-bond donors (Lipinski definition) is 1. The van der Waals surface area contributed by atoms with Crippen molar-refractivity contribution in [3.05, 3.63) is 62.5 Å². The maximum absolute atomic E-state index is 12.1. The molecule has 1 saturated heterocycles. The molecule has 2 aliphatic heterocycles. The highest BCUT2D eigenvalue weighted by Gasteiger charge is 2.34. The molecule has 2 bridgehead atoms. The van der Waals surface area contributed by atoms with Gasteiger partial charge >= 0.3 is 0 Å². The van der Waals surface area contributed by atoms with Crippen molar-refractivity contribution in [3.8, 4) is 5.75 Å². The lowest BCUT2D eigenvalue weighted by atomic mass is 9.83. The molecule has 2 aromatic rings. The van der Waals surface area contributed by atoms with Gasteiger partial charge in [0, 0.05) is 48.9 Å². The number of rotatable bonds is 5. The monoisotopic (exact) mass is 408 g/mol. The summed E-state index contributed by atoms with van der Waals surface area (Å²) in [6.07, 6.45) is 0.487. The number of likely N-dealkylation sites (tertiary alicyclic amines) is 1. The van der Waals surface area contributed by atoms with E-state index in [0.29, 0.717) is 34.2 Å². The predicted octanol–water partition coefficient (Wildman–Crippen LogP) is 3.01. The van der Waals surface area contributed by atoms with Gasteiger partial charge in [0.25, 0.3) is 5.56 Å². The van der Waals surface area contributed by atoms with Gasteiger partial charge in [-0.3, -0.25) is 9.69 Å². The van der Waals surface area contributed by atoms with Crippen LogP contribution < -0.4 is 10.3 Å². The molecule has 3 heterocycles. The van der Waals surface area contributed by atoms with Gasteiger partial charge in [-0.1, -0.05) is 29.3 Å². The number of fused-ring (bicyclic) bond motifs is 4. The van der Waals surface area contributed by atoms with Crippen LogP contribution in [0.1, 0.15) is 18.0 Å². The Bertz CT molecular complexity index is 886. The number of aliphatic hydroxyl groups is 1. The number of benzene rings is 1. The zero-order valence-electron chi connectivity index (χ0n) is 14.9. The molecule has 1 fully saturated rings. The third kappa shape index (κ3) is 4.16. The van der Waals surface area contributed by atoms with Gasteiger partial charge in [0.05, 0.1) is 5.02 Å². The maximum Gasteiger partial charge on any atom is 0.250 e. The minimum absolute atomic E-state index is 0.0870. The summed E-state index contributed by atoms with van der Waals surface area (Å²) in [5.41, 5.74) is 1.20. The van der Waals surface area contributed by atoms with E-state index in [1.165, 1.54) is 0 Å². The molecular weight excluding hydrogens is 387 g/mol. The van der Waals surface area contributed by atoms with Gasteiger partial charge in [0.15, 0.2) is 0 Å². The summed E-state index contributed by atoms with van der Waals surface area (Å²) in [6.45, 7) is 3.20. The van der Waals surface area contributed by atoms with E-state index in [1.54, 1.807) is 24.3 Å². The van der Waals surface area contributed by atoms with E-state index in [9.17, 15) is 9.90 Å². The van der Waals surface area contributed by atoms with Crippen LogP contribution in [0.25, 0.3) is 0 Å². The first-order valence-electron chi connectivity index (χ1n) is 9.17. The molecule has 0 radical (unpaired) electrons. The standard InChI is InChI=1S/C20H22Cl2N2O3/c21-15-4-5-19(17(22)7-15)27-12-16(25)11-23-8-13-6-14(10-23)18-2-1-3-20(26)24(18)9-13/h1-5,7,13-14,16,25H,6,8-12H2. The number of aliphatic hydroxyl groups excluding tert-OH is 1. The van der Waals surface area contributed by atoms with E-state index in [4.69, 9.17) is 27.9 Å². The summed E-state index contributed by atoms with van der Waals surface area (Å²) in [6, 6.07) is 10.6. The lowest BCUT2D eigenvalue weighted by Gasteiger charge is -2.43. The van der Waals surface area contributed by atoms with E-state index in [0.717, 1.165) is 31.7 Å². The summed E-state index contributed by atoms with van der Waals surface area (Å²) in [7, 11) is 0. The molecule has 3 atom stereocenters. The maximum atomic E-state index is 12.1. The average Bonchev–Trinajstić information content (AvgIpc) is 2.62. The average molecular weight is 409 g/mol. The Morgan fingerprint density at radius 1 is 1.19 bits per heavy atom. The molecule has 1 N–H and O–H groups in total. The number of nitrogens with zero attached hydrogens (tertiary/aromatic N) is 2. The fraction of sp³-hybridized carbons (Fsp3) is 0.450. The zero-order valence-corrected chi connectivity index (χ0v) is 16.4. The second kappa shape index (κ2) is 7.84. The Hall–Kier alpha value is -1.53. The largest absolute Gasteiger partial charge is 0.489 e. The number of pyridine rings is 1. The van der Waals surface area contributed by atoms with Gasteiger partial charge in [-0.25, -0.2) is 0 Å². The molecule has 0 saturated carbocycles. The van der Waals surface area contributed by atoms with E-state index in [2.05, 4.69) is 4.90 Å². The van der Waals surface area contributed by atoms with Crippen LogP contribution in [0.5, 0.6) is 5.75 Å². The highest BCUT2D eigenvalue weighted by molar-refractivity contribution is 6.35. The van der Waals surface area contributed by atoms with E-state index >= 15 is 0 Å². The van der Waals surface area contributed by atoms with Crippen LogP contribution in [-0.2, 0) is 6.54 Å². The predicted molar refractivity (Wildman–Crippen MR) is 106 cm³/mol. The second-order valence-electron chi connectivity index (χ2n) is 7.46. The summed E-state index contributed by atoms with van der Waals surface area (Å²) in [5.74, 6) is 1.30.